The molecule has 0 radical (unpaired) electrons. The number of imidazole rings is 1. The lowest BCUT2D eigenvalue weighted by atomic mass is 9.92. The fourth-order valence-electron chi connectivity index (χ4n) is 3.48. The summed E-state index contributed by atoms with van der Waals surface area (Å²) < 4.78 is 0. The van der Waals surface area contributed by atoms with Gasteiger partial charge in [0.15, 0.2) is 0 Å². The number of H-pyrrole nitrogens is 1. The van der Waals surface area contributed by atoms with Crippen molar-refractivity contribution in [3.63, 3.8) is 0 Å². The van der Waals surface area contributed by atoms with Gasteiger partial charge in [-0.3, -0.25) is 4.79 Å². The van der Waals surface area contributed by atoms with Gasteiger partial charge in [0.05, 0.1) is 16.7 Å². The Bertz CT molecular complexity index is 874. The summed E-state index contributed by atoms with van der Waals surface area (Å²) in [6, 6.07) is 16.1. The second kappa shape index (κ2) is 7.89. The number of piperidine rings is 1. The van der Waals surface area contributed by atoms with Crippen LogP contribution in [0, 0.1) is 5.92 Å². The summed E-state index contributed by atoms with van der Waals surface area (Å²) in [5.41, 5.74) is 3.63. The predicted octanol–water partition coefficient (Wildman–Crippen LogP) is 3.98. The number of hydrogen-bond donors (Lipinski definition) is 3. The number of amides is 1. The predicted molar refractivity (Wildman–Crippen MR) is 108 cm³/mol. The van der Waals surface area contributed by atoms with Gasteiger partial charge in [-0.25, -0.2) is 4.98 Å². The van der Waals surface area contributed by atoms with Crippen LogP contribution in [0.4, 0.5) is 5.69 Å². The lowest BCUT2D eigenvalue weighted by Crippen LogP contribution is -2.40. The highest BCUT2D eigenvalue weighted by Gasteiger charge is 2.25. The van der Waals surface area contributed by atoms with Gasteiger partial charge >= 0.3 is 0 Å². The molecule has 1 aromatic heterocycles. The Morgan fingerprint density at radius 1 is 1.15 bits per heavy atom. The highest BCUT2D eigenvalue weighted by Crippen LogP contribution is 2.28. The number of carbonyl (C=O) groups is 1. The first-order valence-electron chi connectivity index (χ1n) is 8.79. The van der Waals surface area contributed by atoms with Crippen molar-refractivity contribution in [1.82, 2.24) is 15.3 Å². The first kappa shape index (κ1) is 18.4. The van der Waals surface area contributed by atoms with Gasteiger partial charge in [-0.05, 0) is 50.6 Å². The molecule has 6 heteroatoms. The van der Waals surface area contributed by atoms with Gasteiger partial charge in [-0.1, -0.05) is 24.3 Å². The van der Waals surface area contributed by atoms with Crippen LogP contribution in [0.1, 0.15) is 19.8 Å². The Morgan fingerprint density at radius 3 is 2.73 bits per heavy atom. The van der Waals surface area contributed by atoms with E-state index in [1.807, 2.05) is 48.5 Å². The van der Waals surface area contributed by atoms with Crippen molar-refractivity contribution in [1.29, 1.82) is 0 Å². The quantitative estimate of drug-likeness (QED) is 0.653. The standard InChI is InChI=1S/C20H22N4O.ClH/c1-13-12-14(10-11-21-13)20(25)24-16-7-3-2-6-15(16)19-22-17-8-4-5-9-18(17)23-19;/h2-9,13-14,21H,10-12H2,1H3,(H,22,23)(H,24,25);1H/t13-,14-;/m0./s1. The van der Waals surface area contributed by atoms with E-state index in [1.54, 1.807) is 0 Å². The smallest absolute Gasteiger partial charge is 0.227 e. The molecule has 0 spiro atoms. The molecule has 0 saturated carbocycles. The van der Waals surface area contributed by atoms with Crippen LogP contribution in [0.15, 0.2) is 48.5 Å². The van der Waals surface area contributed by atoms with E-state index in [2.05, 4.69) is 27.5 Å². The molecule has 1 amide bonds. The zero-order valence-electron chi connectivity index (χ0n) is 14.7. The Kier molecular flexibility index (Phi) is 5.59. The normalized spacial score (nSPS) is 19.7. The van der Waals surface area contributed by atoms with E-state index in [-0.39, 0.29) is 24.2 Å². The number of nitrogens with one attached hydrogen (secondary N) is 3. The van der Waals surface area contributed by atoms with Gasteiger partial charge in [-0.15, -0.1) is 12.4 Å². The number of anilines is 1. The van der Waals surface area contributed by atoms with Crippen LogP contribution in [-0.4, -0.2) is 28.5 Å². The SMILES string of the molecule is C[C@H]1C[C@@H](C(=O)Nc2ccccc2-c2nc3ccccc3[nH]2)CCN1.Cl. The Labute approximate surface area is 159 Å². The highest BCUT2D eigenvalue weighted by atomic mass is 35.5. The molecule has 5 nitrogen and oxygen atoms in total. The summed E-state index contributed by atoms with van der Waals surface area (Å²) in [6.45, 7) is 3.02. The first-order valence-corrected chi connectivity index (χ1v) is 8.79. The Morgan fingerprint density at radius 2 is 1.92 bits per heavy atom. The summed E-state index contributed by atoms with van der Waals surface area (Å²) in [6.07, 6.45) is 1.75. The van der Waals surface area contributed by atoms with Crippen molar-refractivity contribution in [2.24, 2.45) is 5.92 Å². The fraction of sp³-hybridized carbons (Fsp3) is 0.300. The molecule has 0 bridgehead atoms. The third-order valence-electron chi connectivity index (χ3n) is 4.82. The number of rotatable bonds is 3. The molecular weight excluding hydrogens is 348 g/mol. The molecule has 26 heavy (non-hydrogen) atoms. The van der Waals surface area contributed by atoms with Crippen molar-refractivity contribution in [3.05, 3.63) is 48.5 Å². The summed E-state index contributed by atoms with van der Waals surface area (Å²) in [5, 5.41) is 6.50. The number of benzene rings is 2. The zero-order chi connectivity index (χ0) is 17.2. The van der Waals surface area contributed by atoms with E-state index >= 15 is 0 Å². The summed E-state index contributed by atoms with van der Waals surface area (Å²) in [4.78, 5) is 20.7. The molecule has 1 aliphatic heterocycles. The molecule has 4 rings (SSSR count). The molecule has 2 aromatic carbocycles. The number of fused-ring (bicyclic) bond motifs is 1. The van der Waals surface area contributed by atoms with E-state index in [9.17, 15) is 4.79 Å². The van der Waals surface area contributed by atoms with Crippen LogP contribution in [0.2, 0.25) is 0 Å². The number of hydrogen-bond acceptors (Lipinski definition) is 3. The molecule has 2 atom stereocenters. The van der Waals surface area contributed by atoms with Gasteiger partial charge in [0, 0.05) is 17.5 Å². The molecule has 3 aromatic rings. The number of para-hydroxylation sites is 3. The van der Waals surface area contributed by atoms with Crippen LogP contribution in [0.5, 0.6) is 0 Å². The zero-order valence-corrected chi connectivity index (χ0v) is 15.5. The van der Waals surface area contributed by atoms with Crippen LogP contribution in [0.25, 0.3) is 22.4 Å². The van der Waals surface area contributed by atoms with E-state index in [4.69, 9.17) is 0 Å². The van der Waals surface area contributed by atoms with Crippen molar-refractivity contribution in [2.45, 2.75) is 25.8 Å². The van der Waals surface area contributed by atoms with Gasteiger partial charge in [0.2, 0.25) is 5.91 Å². The van der Waals surface area contributed by atoms with Gasteiger partial charge < -0.3 is 15.6 Å². The molecule has 2 heterocycles. The minimum atomic E-state index is 0. The molecule has 0 aliphatic carbocycles. The average molecular weight is 371 g/mol. The van der Waals surface area contributed by atoms with E-state index in [0.29, 0.717) is 6.04 Å². The third-order valence-corrected chi connectivity index (χ3v) is 4.82. The van der Waals surface area contributed by atoms with Crippen LogP contribution in [0.3, 0.4) is 0 Å². The fourth-order valence-corrected chi connectivity index (χ4v) is 3.48. The maximum atomic E-state index is 12.7. The van der Waals surface area contributed by atoms with Gasteiger partial charge in [0.25, 0.3) is 0 Å². The number of aromatic amines is 1. The van der Waals surface area contributed by atoms with Crippen molar-refractivity contribution >= 4 is 35.0 Å². The summed E-state index contributed by atoms with van der Waals surface area (Å²) in [7, 11) is 0. The van der Waals surface area contributed by atoms with Crippen molar-refractivity contribution < 1.29 is 4.79 Å². The maximum Gasteiger partial charge on any atom is 0.227 e. The number of halogens is 1. The second-order valence-electron chi connectivity index (χ2n) is 6.71. The highest BCUT2D eigenvalue weighted by molar-refractivity contribution is 5.96. The van der Waals surface area contributed by atoms with E-state index in [0.717, 1.165) is 47.5 Å². The van der Waals surface area contributed by atoms with E-state index in [1.165, 1.54) is 0 Å². The minimum absolute atomic E-state index is 0. The molecular formula is C20H23ClN4O. The lowest BCUT2D eigenvalue weighted by molar-refractivity contribution is -0.120. The van der Waals surface area contributed by atoms with Gasteiger partial charge in [0.1, 0.15) is 5.82 Å². The minimum Gasteiger partial charge on any atom is -0.338 e. The molecule has 0 unspecified atom stereocenters. The maximum absolute atomic E-state index is 12.7. The van der Waals surface area contributed by atoms with Crippen molar-refractivity contribution in [3.8, 4) is 11.4 Å². The molecule has 1 saturated heterocycles. The Balaban J connectivity index is 0.00000196. The van der Waals surface area contributed by atoms with Crippen LogP contribution >= 0.6 is 12.4 Å². The third kappa shape index (κ3) is 3.74. The van der Waals surface area contributed by atoms with Crippen LogP contribution in [-0.2, 0) is 4.79 Å². The van der Waals surface area contributed by atoms with Crippen LogP contribution < -0.4 is 10.6 Å². The first-order chi connectivity index (χ1) is 12.2. The number of nitrogens with zero attached hydrogens (tertiary/aromatic N) is 1. The number of aromatic nitrogens is 2. The average Bonchev–Trinajstić information content (AvgIpc) is 3.06. The second-order valence-corrected chi connectivity index (χ2v) is 6.71. The largest absolute Gasteiger partial charge is 0.338 e. The molecule has 1 aliphatic rings. The summed E-state index contributed by atoms with van der Waals surface area (Å²) >= 11 is 0. The van der Waals surface area contributed by atoms with E-state index < -0.39 is 0 Å². The Hall–Kier alpha value is -2.37. The summed E-state index contributed by atoms with van der Waals surface area (Å²) in [5.74, 6) is 0.924. The number of carbonyl (C=O) groups excluding carboxylic acids is 1. The monoisotopic (exact) mass is 370 g/mol. The molecule has 3 N–H and O–H groups in total. The van der Waals surface area contributed by atoms with Crippen molar-refractivity contribution in [2.75, 3.05) is 11.9 Å². The molecule has 136 valence electrons. The lowest BCUT2D eigenvalue weighted by Gasteiger charge is -2.27. The molecule has 1 fully saturated rings. The van der Waals surface area contributed by atoms with Gasteiger partial charge in [-0.2, -0.15) is 0 Å². The topological polar surface area (TPSA) is 69.8 Å².